The number of aryl methyl sites for hydroxylation is 2. The van der Waals surface area contributed by atoms with E-state index in [2.05, 4.69) is 50.2 Å². The van der Waals surface area contributed by atoms with Gasteiger partial charge < -0.3 is 4.74 Å². The van der Waals surface area contributed by atoms with Gasteiger partial charge >= 0.3 is 0 Å². The van der Waals surface area contributed by atoms with Gasteiger partial charge in [0, 0.05) is 12.1 Å². The van der Waals surface area contributed by atoms with Crippen molar-refractivity contribution in [2.45, 2.75) is 32.1 Å². The molecule has 1 heterocycles. The minimum absolute atomic E-state index is 0.180. The molecule has 1 saturated heterocycles. The van der Waals surface area contributed by atoms with Crippen LogP contribution in [0.3, 0.4) is 0 Å². The predicted molar refractivity (Wildman–Crippen MR) is 157 cm³/mol. The zero-order valence-corrected chi connectivity index (χ0v) is 22.8. The molecule has 2 atom stereocenters. The van der Waals surface area contributed by atoms with Crippen molar-refractivity contribution in [3.05, 3.63) is 124 Å². The van der Waals surface area contributed by atoms with E-state index in [0.717, 1.165) is 33.5 Å². The van der Waals surface area contributed by atoms with Gasteiger partial charge in [-0.05, 0) is 66.8 Å². The molecule has 0 saturated carbocycles. The van der Waals surface area contributed by atoms with Crippen molar-refractivity contribution in [1.82, 2.24) is 0 Å². The summed E-state index contributed by atoms with van der Waals surface area (Å²) in [5.41, 5.74) is 6.99. The third-order valence-electron chi connectivity index (χ3n) is 8.85. The Morgan fingerprint density at radius 2 is 1.50 bits per heavy atom. The first-order valence-electron chi connectivity index (χ1n) is 13.9. The van der Waals surface area contributed by atoms with Gasteiger partial charge in [0.1, 0.15) is 5.75 Å². The Bertz CT molecular complexity index is 1670. The largest absolute Gasteiger partial charge is 0.492 e. The highest BCUT2D eigenvalue weighted by atomic mass is 16.5. The summed E-state index contributed by atoms with van der Waals surface area (Å²) in [4.78, 5) is 35.5. The monoisotopic (exact) mass is 526 g/mol. The fraction of sp³-hybridized carbons (Fsp3) is 0.229. The number of para-hydroxylation sites is 2. The molecule has 0 radical (unpaired) electrons. The molecule has 40 heavy (non-hydrogen) atoms. The van der Waals surface area contributed by atoms with Crippen molar-refractivity contribution < 1.29 is 14.3 Å². The van der Waals surface area contributed by atoms with E-state index in [4.69, 9.17) is 9.73 Å². The Balaban J connectivity index is 1.49. The van der Waals surface area contributed by atoms with Crippen LogP contribution in [-0.4, -0.2) is 24.6 Å². The van der Waals surface area contributed by atoms with Crippen LogP contribution >= 0.6 is 0 Å². The van der Waals surface area contributed by atoms with Crippen LogP contribution in [0.4, 0.5) is 11.4 Å². The van der Waals surface area contributed by atoms with Crippen LogP contribution in [0.1, 0.15) is 46.2 Å². The normalized spacial score (nSPS) is 24.3. The van der Waals surface area contributed by atoms with Gasteiger partial charge in [-0.15, -0.1) is 0 Å². The molecule has 4 aromatic carbocycles. The lowest BCUT2D eigenvalue weighted by molar-refractivity contribution is -0.122. The quantitative estimate of drug-likeness (QED) is 0.216. The van der Waals surface area contributed by atoms with Crippen molar-refractivity contribution in [2.75, 3.05) is 11.5 Å². The molecule has 5 nitrogen and oxygen atoms in total. The van der Waals surface area contributed by atoms with Crippen LogP contribution < -0.4 is 9.64 Å². The average molecular weight is 527 g/mol. The molecule has 0 unspecified atom stereocenters. The minimum atomic E-state index is -0.897. The summed E-state index contributed by atoms with van der Waals surface area (Å²) in [6.07, 6.45) is 1.96. The summed E-state index contributed by atoms with van der Waals surface area (Å²) in [7, 11) is 0. The molecular formula is C35H30N2O3. The first-order valence-corrected chi connectivity index (χ1v) is 13.9. The number of rotatable bonds is 5. The zero-order valence-electron chi connectivity index (χ0n) is 22.8. The number of anilines is 1. The topological polar surface area (TPSA) is 59.0 Å². The van der Waals surface area contributed by atoms with Crippen LogP contribution in [0, 0.1) is 25.7 Å². The van der Waals surface area contributed by atoms with E-state index in [0.29, 0.717) is 18.0 Å². The number of imide groups is 1. The Morgan fingerprint density at radius 3 is 2.17 bits per heavy atom. The lowest BCUT2D eigenvalue weighted by Gasteiger charge is -2.52. The van der Waals surface area contributed by atoms with Crippen LogP contribution in [-0.2, 0) is 15.0 Å². The number of benzene rings is 4. The van der Waals surface area contributed by atoms with Crippen LogP contribution in [0.5, 0.6) is 5.75 Å². The van der Waals surface area contributed by atoms with Crippen molar-refractivity contribution in [1.29, 1.82) is 0 Å². The fourth-order valence-corrected chi connectivity index (χ4v) is 7.33. The summed E-state index contributed by atoms with van der Waals surface area (Å²) < 4.78 is 5.87. The van der Waals surface area contributed by atoms with Gasteiger partial charge in [-0.25, -0.2) is 4.90 Å². The van der Waals surface area contributed by atoms with Crippen molar-refractivity contribution in [2.24, 2.45) is 16.8 Å². The zero-order chi connectivity index (χ0) is 27.6. The molecule has 198 valence electrons. The molecular weight excluding hydrogens is 496 g/mol. The molecule has 5 heteroatoms. The summed E-state index contributed by atoms with van der Waals surface area (Å²) in [6.45, 7) is 6.45. The van der Waals surface area contributed by atoms with Gasteiger partial charge in [0.15, 0.2) is 0 Å². The van der Waals surface area contributed by atoms with Gasteiger partial charge in [0.25, 0.3) is 0 Å². The van der Waals surface area contributed by atoms with Crippen molar-refractivity contribution in [3.63, 3.8) is 0 Å². The smallest absolute Gasteiger partial charge is 0.239 e. The van der Waals surface area contributed by atoms with Gasteiger partial charge in [0.05, 0.1) is 35.2 Å². The summed E-state index contributed by atoms with van der Waals surface area (Å²) >= 11 is 0. The highest BCUT2D eigenvalue weighted by Gasteiger charge is 2.68. The Morgan fingerprint density at radius 1 is 0.850 bits per heavy atom. The molecule has 4 aromatic rings. The van der Waals surface area contributed by atoms with E-state index in [-0.39, 0.29) is 17.7 Å². The van der Waals surface area contributed by atoms with Crippen LogP contribution in [0.15, 0.2) is 96.0 Å². The lowest BCUT2D eigenvalue weighted by Crippen LogP contribution is -2.54. The van der Waals surface area contributed by atoms with Crippen molar-refractivity contribution in [3.8, 4) is 5.75 Å². The Labute approximate surface area is 234 Å². The maximum absolute atomic E-state index is 14.6. The molecule has 0 N–H and O–H groups in total. The lowest BCUT2D eigenvalue weighted by atomic mass is 9.47. The second-order valence-corrected chi connectivity index (χ2v) is 11.0. The maximum atomic E-state index is 14.6. The molecule has 1 fully saturated rings. The maximum Gasteiger partial charge on any atom is 0.239 e. The predicted octanol–water partition coefficient (Wildman–Crippen LogP) is 6.66. The molecule has 2 amide bonds. The Hall–Kier alpha value is -4.51. The van der Waals surface area contributed by atoms with E-state index < -0.39 is 17.3 Å². The van der Waals surface area contributed by atoms with E-state index >= 15 is 0 Å². The van der Waals surface area contributed by atoms with Crippen LogP contribution in [0.2, 0.25) is 0 Å². The number of nitrogens with zero attached hydrogens (tertiary/aromatic N) is 2. The summed E-state index contributed by atoms with van der Waals surface area (Å²) in [5, 5.41) is 0. The van der Waals surface area contributed by atoms with Gasteiger partial charge in [0.2, 0.25) is 11.8 Å². The Kier molecular flexibility index (Phi) is 5.53. The molecule has 4 aliphatic rings. The highest BCUT2D eigenvalue weighted by Crippen LogP contribution is 2.64. The number of hydrogen-bond acceptors (Lipinski definition) is 4. The van der Waals surface area contributed by atoms with Crippen molar-refractivity contribution >= 4 is 29.4 Å². The molecule has 3 aliphatic carbocycles. The third kappa shape index (κ3) is 3.24. The molecule has 2 bridgehead atoms. The third-order valence-corrected chi connectivity index (χ3v) is 8.85. The van der Waals surface area contributed by atoms with E-state index in [1.807, 2.05) is 61.7 Å². The number of ether oxygens (including phenoxy) is 1. The average Bonchev–Trinajstić information content (AvgIpc) is 3.24. The molecule has 8 rings (SSSR count). The standard InChI is InChI=1S/C35H30N2O3/c1-4-40-29-16-10-9-15-28(29)37-33(38)31-30-23-11-5-7-13-25(23)35(32(31)34(37)39,26-14-8-6-12-24(26)30)20-36-27-18-17-21(2)19-22(27)3/h5-20,30-32H,4H2,1-3H3/t30?,31-,32-,35?/m0/s1. The number of carbonyl (C=O) groups excluding carboxylic acids is 2. The molecule has 0 aromatic heterocycles. The van der Waals surface area contributed by atoms with Gasteiger partial charge in [-0.2, -0.15) is 0 Å². The molecule has 0 spiro atoms. The van der Waals surface area contributed by atoms with Gasteiger partial charge in [-0.3, -0.25) is 14.6 Å². The number of carbonyl (C=O) groups is 2. The minimum Gasteiger partial charge on any atom is -0.492 e. The summed E-state index contributed by atoms with van der Waals surface area (Å²) in [5.74, 6) is -1.24. The highest BCUT2D eigenvalue weighted by molar-refractivity contribution is 6.25. The van der Waals surface area contributed by atoms with E-state index in [1.54, 1.807) is 6.07 Å². The summed E-state index contributed by atoms with van der Waals surface area (Å²) in [6, 6.07) is 30.0. The molecule has 1 aliphatic heterocycles. The second-order valence-electron chi connectivity index (χ2n) is 11.0. The SMILES string of the molecule is CCOc1ccccc1N1C(=O)[C@@H]2[C@@H](C1=O)C1c3ccccc3C2(C=Nc2ccc(C)cc2C)c2ccccc21. The van der Waals surface area contributed by atoms with Gasteiger partial charge in [-0.1, -0.05) is 78.4 Å². The fourth-order valence-electron chi connectivity index (χ4n) is 7.33. The second kappa shape index (κ2) is 9.02. The number of amides is 2. The first-order chi connectivity index (χ1) is 19.5. The van der Waals surface area contributed by atoms with E-state index in [9.17, 15) is 9.59 Å². The van der Waals surface area contributed by atoms with Crippen LogP contribution in [0.25, 0.3) is 0 Å². The first kappa shape index (κ1) is 24.5. The number of hydrogen-bond donors (Lipinski definition) is 0. The number of aliphatic imine (C=N–C) groups is 1. The van der Waals surface area contributed by atoms with E-state index in [1.165, 1.54) is 10.5 Å².